The van der Waals surface area contributed by atoms with Gasteiger partial charge in [-0.15, -0.1) is 6.58 Å². The molecule has 7 heteroatoms. The molecule has 4 bridgehead atoms. The van der Waals surface area contributed by atoms with Crippen molar-refractivity contribution >= 4 is 17.9 Å². The Bertz CT molecular complexity index is 725. The molecule has 0 N–H and O–H groups in total. The molecule has 29 heavy (non-hydrogen) atoms. The Morgan fingerprint density at radius 2 is 1.93 bits per heavy atom. The van der Waals surface area contributed by atoms with Crippen molar-refractivity contribution in [2.75, 3.05) is 19.8 Å². The summed E-state index contributed by atoms with van der Waals surface area (Å²) in [4.78, 5) is 37.5. The van der Waals surface area contributed by atoms with Gasteiger partial charge < -0.3 is 18.9 Å². The number of cyclic esters (lactones) is 1. The molecule has 4 aliphatic carbocycles. The number of esters is 3. The molecule has 5 rings (SSSR count). The predicted octanol–water partition coefficient (Wildman–Crippen LogP) is 2.49. The number of carbonyl (C=O) groups is 3. The standard InChI is InChI=1S/C22H28O7/c1-3-5-26-12-14(2)18(23)29-22-10-15-7-16(11-22)9-21(8-15,13-22)20(25)28-17-4-6-27-19(17)24/h3,15-17H,1-2,4-13H2. The summed E-state index contributed by atoms with van der Waals surface area (Å²) in [7, 11) is 0. The van der Waals surface area contributed by atoms with Crippen LogP contribution >= 0.6 is 0 Å². The Balaban J connectivity index is 1.46. The number of hydrogen-bond donors (Lipinski definition) is 0. The fraction of sp³-hybridized carbons (Fsp3) is 0.682. The second kappa shape index (κ2) is 7.59. The molecule has 0 spiro atoms. The summed E-state index contributed by atoms with van der Waals surface area (Å²) >= 11 is 0. The van der Waals surface area contributed by atoms with E-state index in [2.05, 4.69) is 13.2 Å². The lowest BCUT2D eigenvalue weighted by molar-refractivity contribution is -0.213. The van der Waals surface area contributed by atoms with Crippen molar-refractivity contribution in [1.29, 1.82) is 0 Å². The minimum atomic E-state index is -0.809. The maximum atomic E-state index is 13.1. The van der Waals surface area contributed by atoms with Crippen LogP contribution < -0.4 is 0 Å². The van der Waals surface area contributed by atoms with Crippen molar-refractivity contribution in [3.8, 4) is 0 Å². The van der Waals surface area contributed by atoms with Crippen LogP contribution in [0.15, 0.2) is 24.8 Å². The number of carbonyl (C=O) groups excluding carboxylic acids is 3. The molecule has 0 aromatic carbocycles. The third kappa shape index (κ3) is 3.84. The van der Waals surface area contributed by atoms with Gasteiger partial charge in [0.2, 0.25) is 6.10 Å². The molecule has 3 atom stereocenters. The quantitative estimate of drug-likeness (QED) is 0.202. The van der Waals surface area contributed by atoms with Gasteiger partial charge in [-0.1, -0.05) is 12.7 Å². The lowest BCUT2D eigenvalue weighted by Crippen LogP contribution is -2.60. The summed E-state index contributed by atoms with van der Waals surface area (Å²) in [5.74, 6) is -0.655. The summed E-state index contributed by atoms with van der Waals surface area (Å²) < 4.78 is 21.7. The lowest BCUT2D eigenvalue weighted by atomic mass is 9.48. The Morgan fingerprint density at radius 3 is 2.55 bits per heavy atom. The normalized spacial score (nSPS) is 37.1. The van der Waals surface area contributed by atoms with Gasteiger partial charge in [0.25, 0.3) is 0 Å². The molecule has 0 aromatic heterocycles. The highest BCUT2D eigenvalue weighted by Crippen LogP contribution is 2.63. The van der Waals surface area contributed by atoms with Crippen LogP contribution in [-0.2, 0) is 33.3 Å². The van der Waals surface area contributed by atoms with Crippen molar-refractivity contribution in [3.63, 3.8) is 0 Å². The summed E-state index contributed by atoms with van der Waals surface area (Å²) in [5.41, 5.74) is -1.10. The molecule has 3 unspecified atom stereocenters. The molecular formula is C22H28O7. The van der Waals surface area contributed by atoms with Gasteiger partial charge in [-0.25, -0.2) is 9.59 Å². The predicted molar refractivity (Wildman–Crippen MR) is 102 cm³/mol. The van der Waals surface area contributed by atoms with E-state index < -0.39 is 29.1 Å². The highest BCUT2D eigenvalue weighted by atomic mass is 16.6. The molecule has 0 amide bonds. The molecule has 0 aromatic rings. The van der Waals surface area contributed by atoms with Gasteiger partial charge in [-0.3, -0.25) is 4.79 Å². The smallest absolute Gasteiger partial charge is 0.347 e. The average molecular weight is 404 g/mol. The maximum Gasteiger partial charge on any atom is 0.347 e. The molecule has 5 fully saturated rings. The van der Waals surface area contributed by atoms with Crippen LogP contribution in [0.25, 0.3) is 0 Å². The van der Waals surface area contributed by atoms with Gasteiger partial charge in [-0.05, 0) is 43.9 Å². The van der Waals surface area contributed by atoms with Gasteiger partial charge in [0, 0.05) is 12.8 Å². The molecule has 1 heterocycles. The summed E-state index contributed by atoms with van der Waals surface area (Å²) in [6.07, 6.45) is 5.66. The molecule has 1 aliphatic heterocycles. The molecule has 158 valence electrons. The van der Waals surface area contributed by atoms with E-state index in [1.165, 1.54) is 0 Å². The van der Waals surface area contributed by atoms with Crippen LogP contribution in [0.2, 0.25) is 0 Å². The highest BCUT2D eigenvalue weighted by Gasteiger charge is 2.63. The second-order valence-electron chi connectivity index (χ2n) is 9.07. The Morgan fingerprint density at radius 1 is 1.21 bits per heavy atom. The zero-order valence-corrected chi connectivity index (χ0v) is 16.7. The number of rotatable bonds is 8. The largest absolute Gasteiger partial charge is 0.463 e. The molecule has 7 nitrogen and oxygen atoms in total. The fourth-order valence-electron chi connectivity index (χ4n) is 5.97. The monoisotopic (exact) mass is 404 g/mol. The molecule has 4 saturated carbocycles. The zero-order valence-electron chi connectivity index (χ0n) is 16.7. The van der Waals surface area contributed by atoms with E-state index in [-0.39, 0.29) is 24.8 Å². The fourth-order valence-corrected chi connectivity index (χ4v) is 5.97. The second-order valence-corrected chi connectivity index (χ2v) is 9.07. The third-order valence-electron chi connectivity index (χ3n) is 6.69. The average Bonchev–Trinajstić information content (AvgIpc) is 3.05. The van der Waals surface area contributed by atoms with Gasteiger partial charge >= 0.3 is 17.9 Å². The van der Waals surface area contributed by atoms with E-state index in [9.17, 15) is 14.4 Å². The van der Waals surface area contributed by atoms with Crippen molar-refractivity contribution in [1.82, 2.24) is 0 Å². The van der Waals surface area contributed by atoms with Crippen molar-refractivity contribution in [3.05, 3.63) is 24.8 Å². The Kier molecular flexibility index (Phi) is 5.27. The summed E-state index contributed by atoms with van der Waals surface area (Å²) in [6, 6.07) is 0. The summed E-state index contributed by atoms with van der Waals surface area (Å²) in [5, 5.41) is 0. The van der Waals surface area contributed by atoms with Gasteiger partial charge in [0.05, 0.1) is 30.8 Å². The maximum absolute atomic E-state index is 13.1. The third-order valence-corrected chi connectivity index (χ3v) is 6.69. The first-order chi connectivity index (χ1) is 13.8. The van der Waals surface area contributed by atoms with Gasteiger partial charge in [-0.2, -0.15) is 0 Å². The first-order valence-corrected chi connectivity index (χ1v) is 10.3. The Labute approximate surface area is 170 Å². The zero-order chi connectivity index (χ0) is 20.6. The minimum absolute atomic E-state index is 0.0881. The van der Waals surface area contributed by atoms with E-state index in [0.29, 0.717) is 31.3 Å². The van der Waals surface area contributed by atoms with Gasteiger partial charge in [0.1, 0.15) is 5.60 Å². The van der Waals surface area contributed by atoms with E-state index in [4.69, 9.17) is 18.9 Å². The van der Waals surface area contributed by atoms with E-state index in [0.717, 1.165) is 32.1 Å². The van der Waals surface area contributed by atoms with Crippen LogP contribution in [0, 0.1) is 17.3 Å². The van der Waals surface area contributed by atoms with Crippen LogP contribution in [0.5, 0.6) is 0 Å². The van der Waals surface area contributed by atoms with Crippen LogP contribution in [0.4, 0.5) is 0 Å². The van der Waals surface area contributed by atoms with Crippen molar-refractivity contribution < 1.29 is 33.3 Å². The van der Waals surface area contributed by atoms with Crippen LogP contribution in [0.3, 0.4) is 0 Å². The lowest BCUT2D eigenvalue weighted by Gasteiger charge is -2.59. The van der Waals surface area contributed by atoms with Crippen molar-refractivity contribution in [2.24, 2.45) is 17.3 Å². The topological polar surface area (TPSA) is 88.1 Å². The molecular weight excluding hydrogens is 376 g/mol. The molecule has 1 saturated heterocycles. The Hall–Kier alpha value is -2.15. The molecule has 5 aliphatic rings. The van der Waals surface area contributed by atoms with Crippen LogP contribution in [-0.4, -0.2) is 49.4 Å². The van der Waals surface area contributed by atoms with Crippen LogP contribution in [0.1, 0.15) is 44.9 Å². The van der Waals surface area contributed by atoms with E-state index in [1.807, 2.05) is 0 Å². The summed E-state index contributed by atoms with van der Waals surface area (Å²) in [6.45, 7) is 8.05. The van der Waals surface area contributed by atoms with E-state index in [1.54, 1.807) is 6.08 Å². The number of ether oxygens (including phenoxy) is 4. The minimum Gasteiger partial charge on any atom is -0.463 e. The highest BCUT2D eigenvalue weighted by molar-refractivity contribution is 5.88. The first kappa shape index (κ1) is 20.1. The first-order valence-electron chi connectivity index (χ1n) is 10.3. The molecule has 0 radical (unpaired) electrons. The SMILES string of the molecule is C=CCOCC(=C)C(=O)OC12CC3CC(C1)CC(C(=O)OC1CCOC1=O)(C3)C2. The number of hydrogen-bond acceptors (Lipinski definition) is 7. The van der Waals surface area contributed by atoms with E-state index >= 15 is 0 Å². The van der Waals surface area contributed by atoms with Crippen molar-refractivity contribution in [2.45, 2.75) is 56.7 Å². The van der Waals surface area contributed by atoms with Gasteiger partial charge in [0.15, 0.2) is 0 Å².